The second-order valence-electron chi connectivity index (χ2n) is 4.43. The number of rotatable bonds is 1. The monoisotopic (exact) mass is 215 g/mol. The highest BCUT2D eigenvalue weighted by Gasteiger charge is 2.25. The van der Waals surface area contributed by atoms with Crippen LogP contribution in [0, 0.1) is 11.2 Å². The van der Waals surface area contributed by atoms with Crippen LogP contribution in [0.3, 0.4) is 0 Å². The van der Waals surface area contributed by atoms with Crippen LogP contribution in [0.25, 0.3) is 0 Å². The molecule has 1 aromatic heterocycles. The van der Waals surface area contributed by atoms with E-state index in [1.165, 1.54) is 0 Å². The largest absolute Gasteiger partial charge is 0.491 e. The molecule has 84 valence electrons. The first-order valence-electron chi connectivity index (χ1n) is 4.47. The summed E-state index contributed by atoms with van der Waals surface area (Å²) >= 11 is 0. The van der Waals surface area contributed by atoms with Gasteiger partial charge in [-0.05, 0) is 5.41 Å². The van der Waals surface area contributed by atoms with E-state index in [1.807, 2.05) is 20.8 Å². The smallest absolute Gasteiger partial charge is 0.291 e. The van der Waals surface area contributed by atoms with Crippen molar-refractivity contribution in [2.45, 2.75) is 26.8 Å². The average molecular weight is 215 g/mol. The van der Waals surface area contributed by atoms with Gasteiger partial charge in [-0.3, -0.25) is 4.79 Å². The van der Waals surface area contributed by atoms with Gasteiger partial charge in [-0.15, -0.1) is 0 Å². The van der Waals surface area contributed by atoms with Crippen LogP contribution in [0.5, 0.6) is 5.88 Å². The fourth-order valence-corrected chi connectivity index (χ4v) is 1.02. The molecule has 0 fully saturated rings. The van der Waals surface area contributed by atoms with Crippen molar-refractivity contribution in [2.24, 2.45) is 11.1 Å². The highest BCUT2D eigenvalue weighted by molar-refractivity contribution is 5.12. The summed E-state index contributed by atoms with van der Waals surface area (Å²) in [4.78, 5) is 16.7. The standard InChI is InChI=1S/C9H14FN3O2/c1-9(2,3)5(11)6-12-7(14)4(10)8(15)13-6/h5H,11H2,1-3H3,(H2,12,13,14,15). The van der Waals surface area contributed by atoms with Crippen LogP contribution < -0.4 is 11.3 Å². The summed E-state index contributed by atoms with van der Waals surface area (Å²) in [5, 5.41) is 9.03. The van der Waals surface area contributed by atoms with Gasteiger partial charge in [-0.25, -0.2) is 0 Å². The first-order chi connectivity index (χ1) is 6.73. The summed E-state index contributed by atoms with van der Waals surface area (Å²) in [5.41, 5.74) is 4.43. The summed E-state index contributed by atoms with van der Waals surface area (Å²) in [5.74, 6) is -2.14. The van der Waals surface area contributed by atoms with E-state index in [-0.39, 0.29) is 11.2 Å². The molecule has 0 radical (unpaired) electrons. The Kier molecular flexibility index (Phi) is 2.81. The molecule has 1 heterocycles. The lowest BCUT2D eigenvalue weighted by Gasteiger charge is -2.25. The maximum Gasteiger partial charge on any atom is 0.291 e. The Morgan fingerprint density at radius 1 is 1.53 bits per heavy atom. The second-order valence-corrected chi connectivity index (χ2v) is 4.43. The van der Waals surface area contributed by atoms with E-state index in [9.17, 15) is 9.18 Å². The van der Waals surface area contributed by atoms with Crippen LogP contribution in [0.15, 0.2) is 4.79 Å². The van der Waals surface area contributed by atoms with Gasteiger partial charge in [0.05, 0.1) is 6.04 Å². The number of aromatic nitrogens is 2. The average Bonchev–Trinajstić information content (AvgIpc) is 2.10. The van der Waals surface area contributed by atoms with Gasteiger partial charge in [0.25, 0.3) is 11.4 Å². The highest BCUT2D eigenvalue weighted by Crippen LogP contribution is 2.28. The quantitative estimate of drug-likeness (QED) is 0.641. The van der Waals surface area contributed by atoms with Crippen molar-refractivity contribution in [3.05, 3.63) is 22.0 Å². The Balaban J connectivity index is 3.24. The number of halogens is 1. The number of H-pyrrole nitrogens is 1. The number of hydrogen-bond donors (Lipinski definition) is 3. The fourth-order valence-electron chi connectivity index (χ4n) is 1.02. The van der Waals surface area contributed by atoms with Crippen LogP contribution >= 0.6 is 0 Å². The van der Waals surface area contributed by atoms with Crippen LogP contribution in [-0.2, 0) is 0 Å². The molecule has 4 N–H and O–H groups in total. The first kappa shape index (κ1) is 11.6. The number of aromatic amines is 1. The maximum atomic E-state index is 12.8. The van der Waals surface area contributed by atoms with Gasteiger partial charge in [-0.2, -0.15) is 9.37 Å². The molecule has 0 bridgehead atoms. The molecule has 15 heavy (non-hydrogen) atoms. The number of nitrogens with two attached hydrogens (primary N) is 1. The number of nitrogens with zero attached hydrogens (tertiary/aromatic N) is 1. The zero-order chi connectivity index (χ0) is 11.8. The van der Waals surface area contributed by atoms with Crippen molar-refractivity contribution in [3.8, 4) is 5.88 Å². The van der Waals surface area contributed by atoms with Crippen molar-refractivity contribution in [3.63, 3.8) is 0 Å². The lowest BCUT2D eigenvalue weighted by Crippen LogP contribution is -2.30. The molecule has 0 aliphatic heterocycles. The van der Waals surface area contributed by atoms with E-state index in [4.69, 9.17) is 10.8 Å². The van der Waals surface area contributed by atoms with Crippen molar-refractivity contribution in [1.82, 2.24) is 9.97 Å². The minimum Gasteiger partial charge on any atom is -0.491 e. The second kappa shape index (κ2) is 3.62. The Hall–Kier alpha value is -1.43. The minimum atomic E-state index is -1.29. The van der Waals surface area contributed by atoms with E-state index in [0.717, 1.165) is 0 Å². The summed E-state index contributed by atoms with van der Waals surface area (Å²) in [6, 6.07) is -0.586. The van der Waals surface area contributed by atoms with Gasteiger partial charge in [0, 0.05) is 0 Å². The van der Waals surface area contributed by atoms with Gasteiger partial charge in [0.15, 0.2) is 0 Å². The lowest BCUT2D eigenvalue weighted by atomic mass is 9.87. The van der Waals surface area contributed by atoms with Gasteiger partial charge < -0.3 is 15.8 Å². The Morgan fingerprint density at radius 2 is 2.07 bits per heavy atom. The zero-order valence-corrected chi connectivity index (χ0v) is 8.84. The van der Waals surface area contributed by atoms with Crippen LogP contribution in [0.1, 0.15) is 32.6 Å². The molecule has 1 unspecified atom stereocenters. The number of aromatic hydroxyl groups is 1. The third-order valence-corrected chi connectivity index (χ3v) is 2.09. The molecule has 0 saturated carbocycles. The van der Waals surface area contributed by atoms with E-state index in [0.29, 0.717) is 0 Å². The predicted octanol–water partition coefficient (Wildman–Crippen LogP) is 0.660. The molecule has 0 spiro atoms. The third-order valence-electron chi connectivity index (χ3n) is 2.09. The normalized spacial score (nSPS) is 13.9. The van der Waals surface area contributed by atoms with Crippen molar-refractivity contribution < 1.29 is 9.50 Å². The molecule has 1 atom stereocenters. The molecule has 0 amide bonds. The number of nitrogens with one attached hydrogen (secondary N) is 1. The molecule has 1 rings (SSSR count). The topological polar surface area (TPSA) is 92.0 Å². The minimum absolute atomic E-state index is 0.0754. The van der Waals surface area contributed by atoms with Crippen LogP contribution in [-0.4, -0.2) is 15.1 Å². The van der Waals surface area contributed by atoms with E-state index < -0.39 is 23.3 Å². The summed E-state index contributed by atoms with van der Waals surface area (Å²) in [7, 11) is 0. The van der Waals surface area contributed by atoms with Gasteiger partial charge in [0.1, 0.15) is 5.82 Å². The predicted molar refractivity (Wildman–Crippen MR) is 52.9 cm³/mol. The lowest BCUT2D eigenvalue weighted by molar-refractivity contribution is 0.307. The summed E-state index contributed by atoms with van der Waals surface area (Å²) in [6.07, 6.45) is 0. The Morgan fingerprint density at radius 3 is 2.47 bits per heavy atom. The molecular weight excluding hydrogens is 201 g/mol. The summed E-state index contributed by atoms with van der Waals surface area (Å²) in [6.45, 7) is 5.54. The maximum absolute atomic E-state index is 12.8. The number of hydrogen-bond acceptors (Lipinski definition) is 4. The van der Waals surface area contributed by atoms with Crippen molar-refractivity contribution in [1.29, 1.82) is 0 Å². The Bertz CT molecular complexity index is 422. The molecular formula is C9H14FN3O2. The van der Waals surface area contributed by atoms with Crippen molar-refractivity contribution in [2.75, 3.05) is 0 Å². The van der Waals surface area contributed by atoms with Gasteiger partial charge >= 0.3 is 0 Å². The SMILES string of the molecule is CC(C)(C)C(N)c1nc(O)c(F)c(=O)[nH]1. The molecule has 5 nitrogen and oxygen atoms in total. The van der Waals surface area contributed by atoms with E-state index >= 15 is 0 Å². The third kappa shape index (κ3) is 2.33. The first-order valence-corrected chi connectivity index (χ1v) is 4.47. The van der Waals surface area contributed by atoms with Gasteiger partial charge in [-0.1, -0.05) is 20.8 Å². The summed E-state index contributed by atoms with van der Waals surface area (Å²) < 4.78 is 12.8. The zero-order valence-electron chi connectivity index (χ0n) is 8.84. The van der Waals surface area contributed by atoms with Gasteiger partial charge in [0.2, 0.25) is 5.82 Å². The Labute approximate surface area is 86.2 Å². The van der Waals surface area contributed by atoms with E-state index in [2.05, 4.69) is 9.97 Å². The molecule has 1 aromatic rings. The fraction of sp³-hybridized carbons (Fsp3) is 0.556. The molecule has 0 aliphatic rings. The molecule has 0 aromatic carbocycles. The van der Waals surface area contributed by atoms with Crippen LogP contribution in [0.4, 0.5) is 4.39 Å². The van der Waals surface area contributed by atoms with Crippen molar-refractivity contribution >= 4 is 0 Å². The van der Waals surface area contributed by atoms with Crippen LogP contribution in [0.2, 0.25) is 0 Å². The molecule has 6 heteroatoms. The molecule has 0 saturated heterocycles. The van der Waals surface area contributed by atoms with E-state index in [1.54, 1.807) is 0 Å². The molecule has 0 aliphatic carbocycles. The highest BCUT2D eigenvalue weighted by atomic mass is 19.1.